The van der Waals surface area contributed by atoms with E-state index in [1.165, 1.54) is 20.4 Å². The predicted molar refractivity (Wildman–Crippen MR) is 89.0 cm³/mol. The molecular formula is C16H21N3O6. The summed E-state index contributed by atoms with van der Waals surface area (Å²) in [5.74, 6) is 0.803. The summed E-state index contributed by atoms with van der Waals surface area (Å²) in [5.41, 5.74) is 2.87. The number of carbonyl (C=O) groups excluding carboxylic acids is 2. The molecule has 1 aliphatic heterocycles. The van der Waals surface area contributed by atoms with E-state index in [0.29, 0.717) is 43.4 Å². The standard InChI is InChI=1S/C16H21N3O6/c1-22-14-9-12(10-17-18-16(21)23-2)3-4-13(14)25-11-15(20)19-5-7-24-8-6-19/h3-4,9-10H,5-8,11H2,1-2H3,(H,18,21)/b17-10+. The van der Waals surface area contributed by atoms with Crippen LogP contribution in [0.5, 0.6) is 11.5 Å². The van der Waals surface area contributed by atoms with Crippen molar-refractivity contribution >= 4 is 18.2 Å². The number of amides is 2. The van der Waals surface area contributed by atoms with Gasteiger partial charge in [0.2, 0.25) is 0 Å². The van der Waals surface area contributed by atoms with Crippen LogP contribution in [0.15, 0.2) is 23.3 Å². The van der Waals surface area contributed by atoms with Gasteiger partial charge in [-0.05, 0) is 23.8 Å². The Morgan fingerprint density at radius 1 is 1.28 bits per heavy atom. The molecule has 0 aromatic heterocycles. The van der Waals surface area contributed by atoms with Crippen LogP contribution in [0.1, 0.15) is 5.56 Å². The maximum atomic E-state index is 12.1. The normalized spacial score (nSPS) is 14.2. The first kappa shape index (κ1) is 18.5. The number of nitrogens with zero attached hydrogens (tertiary/aromatic N) is 2. The molecule has 1 heterocycles. The Hall–Kier alpha value is -2.81. The third-order valence-corrected chi connectivity index (χ3v) is 3.46. The number of rotatable bonds is 6. The van der Waals surface area contributed by atoms with E-state index in [1.807, 2.05) is 0 Å². The molecule has 0 atom stereocenters. The van der Waals surface area contributed by atoms with Crippen LogP contribution in [0.25, 0.3) is 0 Å². The van der Waals surface area contributed by atoms with Gasteiger partial charge in [0.1, 0.15) is 0 Å². The van der Waals surface area contributed by atoms with Crippen molar-refractivity contribution in [3.8, 4) is 11.5 Å². The highest BCUT2D eigenvalue weighted by Crippen LogP contribution is 2.27. The molecule has 0 radical (unpaired) electrons. The van der Waals surface area contributed by atoms with Crippen LogP contribution >= 0.6 is 0 Å². The van der Waals surface area contributed by atoms with Crippen molar-refractivity contribution in [1.29, 1.82) is 0 Å². The van der Waals surface area contributed by atoms with Gasteiger partial charge in [0, 0.05) is 13.1 Å². The molecule has 0 aliphatic carbocycles. The lowest BCUT2D eigenvalue weighted by atomic mass is 10.2. The Balaban J connectivity index is 1.94. The lowest BCUT2D eigenvalue weighted by Gasteiger charge is -2.26. The quantitative estimate of drug-likeness (QED) is 0.596. The first-order valence-corrected chi connectivity index (χ1v) is 7.67. The van der Waals surface area contributed by atoms with Gasteiger partial charge in [0.15, 0.2) is 18.1 Å². The van der Waals surface area contributed by atoms with E-state index >= 15 is 0 Å². The average Bonchev–Trinajstić information content (AvgIpc) is 2.66. The van der Waals surface area contributed by atoms with Gasteiger partial charge in [-0.25, -0.2) is 10.2 Å². The number of hydrogen-bond donors (Lipinski definition) is 1. The van der Waals surface area contributed by atoms with Crippen molar-refractivity contribution in [1.82, 2.24) is 10.3 Å². The van der Waals surface area contributed by atoms with E-state index in [1.54, 1.807) is 23.1 Å². The van der Waals surface area contributed by atoms with Crippen LogP contribution in [-0.2, 0) is 14.3 Å². The van der Waals surface area contributed by atoms with E-state index in [-0.39, 0.29) is 12.5 Å². The highest BCUT2D eigenvalue weighted by atomic mass is 16.5. The summed E-state index contributed by atoms with van der Waals surface area (Å²) >= 11 is 0. The Kier molecular flexibility index (Phi) is 7.02. The minimum absolute atomic E-state index is 0.0757. The number of methoxy groups -OCH3 is 2. The van der Waals surface area contributed by atoms with E-state index in [9.17, 15) is 9.59 Å². The Bertz CT molecular complexity index is 628. The van der Waals surface area contributed by atoms with Crippen LogP contribution in [0.3, 0.4) is 0 Å². The van der Waals surface area contributed by atoms with E-state index in [4.69, 9.17) is 14.2 Å². The molecule has 1 aliphatic rings. The Labute approximate surface area is 145 Å². The minimum atomic E-state index is -0.662. The second-order valence-corrected chi connectivity index (χ2v) is 5.05. The number of benzene rings is 1. The number of hydrogen-bond acceptors (Lipinski definition) is 7. The van der Waals surface area contributed by atoms with E-state index in [0.717, 1.165) is 0 Å². The van der Waals surface area contributed by atoms with Crippen LogP contribution in [0.4, 0.5) is 4.79 Å². The van der Waals surface area contributed by atoms with Gasteiger partial charge in [-0.3, -0.25) is 4.79 Å². The Morgan fingerprint density at radius 2 is 2.04 bits per heavy atom. The van der Waals surface area contributed by atoms with E-state index in [2.05, 4.69) is 15.3 Å². The molecule has 136 valence electrons. The van der Waals surface area contributed by atoms with Crippen molar-refractivity contribution in [3.05, 3.63) is 23.8 Å². The molecular weight excluding hydrogens is 330 g/mol. The molecule has 0 unspecified atom stereocenters. The van der Waals surface area contributed by atoms with Crippen molar-refractivity contribution in [2.24, 2.45) is 5.10 Å². The zero-order chi connectivity index (χ0) is 18.1. The van der Waals surface area contributed by atoms with Gasteiger partial charge in [-0.15, -0.1) is 0 Å². The summed E-state index contributed by atoms with van der Waals surface area (Å²) in [7, 11) is 2.75. The molecule has 2 rings (SSSR count). The Morgan fingerprint density at radius 3 is 2.72 bits per heavy atom. The van der Waals surface area contributed by atoms with Crippen molar-refractivity contribution in [2.45, 2.75) is 0 Å². The molecule has 1 aromatic carbocycles. The van der Waals surface area contributed by atoms with Gasteiger partial charge in [0.05, 0.1) is 33.6 Å². The summed E-state index contributed by atoms with van der Waals surface area (Å²) in [6.45, 7) is 2.16. The second kappa shape index (κ2) is 9.48. The second-order valence-electron chi connectivity index (χ2n) is 5.05. The van der Waals surface area contributed by atoms with Gasteiger partial charge in [0.25, 0.3) is 5.91 Å². The first-order chi connectivity index (χ1) is 12.1. The number of carbonyl (C=O) groups is 2. The van der Waals surface area contributed by atoms with E-state index < -0.39 is 6.09 Å². The highest BCUT2D eigenvalue weighted by Gasteiger charge is 2.18. The van der Waals surface area contributed by atoms with Crippen LogP contribution in [0.2, 0.25) is 0 Å². The fraction of sp³-hybridized carbons (Fsp3) is 0.438. The third kappa shape index (κ3) is 5.64. The molecule has 1 N–H and O–H groups in total. The summed E-state index contributed by atoms with van der Waals surface area (Å²) in [6.07, 6.45) is 0.770. The fourth-order valence-corrected chi connectivity index (χ4v) is 2.13. The van der Waals surface area contributed by atoms with Crippen molar-refractivity contribution in [2.75, 3.05) is 47.1 Å². The maximum Gasteiger partial charge on any atom is 0.427 e. The zero-order valence-electron chi connectivity index (χ0n) is 14.2. The lowest BCUT2D eigenvalue weighted by Crippen LogP contribution is -2.43. The topological polar surface area (TPSA) is 98.7 Å². The molecule has 9 heteroatoms. The summed E-state index contributed by atoms with van der Waals surface area (Å²) < 4.78 is 20.5. The van der Waals surface area contributed by atoms with Crippen molar-refractivity contribution in [3.63, 3.8) is 0 Å². The predicted octanol–water partition coefficient (Wildman–Crippen LogP) is 0.623. The van der Waals surface area contributed by atoms with Crippen LogP contribution < -0.4 is 14.9 Å². The molecule has 0 saturated carbocycles. The van der Waals surface area contributed by atoms with Crippen LogP contribution in [-0.4, -0.2) is 70.2 Å². The van der Waals surface area contributed by atoms with Gasteiger partial charge in [-0.2, -0.15) is 5.10 Å². The van der Waals surface area contributed by atoms with Crippen molar-refractivity contribution < 1.29 is 28.5 Å². The number of ether oxygens (including phenoxy) is 4. The fourth-order valence-electron chi connectivity index (χ4n) is 2.13. The highest BCUT2D eigenvalue weighted by molar-refractivity contribution is 5.82. The summed E-state index contributed by atoms with van der Waals surface area (Å²) in [5, 5.41) is 3.73. The van der Waals surface area contributed by atoms with Gasteiger partial charge >= 0.3 is 6.09 Å². The molecule has 1 saturated heterocycles. The van der Waals surface area contributed by atoms with Crippen LogP contribution in [0, 0.1) is 0 Å². The lowest BCUT2D eigenvalue weighted by molar-refractivity contribution is -0.137. The van der Waals surface area contributed by atoms with Gasteiger partial charge in [-0.1, -0.05) is 0 Å². The maximum absolute atomic E-state index is 12.1. The molecule has 0 bridgehead atoms. The molecule has 0 spiro atoms. The number of morpholine rings is 1. The third-order valence-electron chi connectivity index (χ3n) is 3.46. The monoisotopic (exact) mass is 351 g/mol. The summed E-state index contributed by atoms with van der Waals surface area (Å²) in [4.78, 5) is 24.7. The molecule has 25 heavy (non-hydrogen) atoms. The zero-order valence-corrected chi connectivity index (χ0v) is 14.2. The molecule has 1 aromatic rings. The molecule has 9 nitrogen and oxygen atoms in total. The molecule has 1 fully saturated rings. The van der Waals surface area contributed by atoms with Gasteiger partial charge < -0.3 is 23.8 Å². The molecule has 2 amide bonds. The largest absolute Gasteiger partial charge is 0.493 e. The SMILES string of the molecule is COC(=O)N/N=C/c1ccc(OCC(=O)N2CCOCC2)c(OC)c1. The number of nitrogens with one attached hydrogen (secondary N) is 1. The summed E-state index contributed by atoms with van der Waals surface area (Å²) in [6, 6.07) is 5.07. The first-order valence-electron chi connectivity index (χ1n) is 7.67. The number of hydrazone groups is 1. The minimum Gasteiger partial charge on any atom is -0.493 e. The smallest absolute Gasteiger partial charge is 0.427 e. The average molecular weight is 351 g/mol.